The fourth-order valence-corrected chi connectivity index (χ4v) is 3.71. The number of amides is 1. The van der Waals surface area contributed by atoms with Gasteiger partial charge >= 0.3 is 0 Å². The minimum Gasteiger partial charge on any atom is -0.341 e. The van der Waals surface area contributed by atoms with Crippen molar-refractivity contribution in [2.24, 2.45) is 0 Å². The Morgan fingerprint density at radius 2 is 2.11 bits per heavy atom. The Hall–Kier alpha value is -2.55. The van der Waals surface area contributed by atoms with E-state index in [4.69, 9.17) is 4.52 Å². The molecule has 0 atom stereocenters. The number of carbonyl (C=O) groups is 1. The van der Waals surface area contributed by atoms with Gasteiger partial charge in [0.1, 0.15) is 6.54 Å². The van der Waals surface area contributed by atoms with Crippen LogP contribution >= 0.6 is 15.9 Å². The van der Waals surface area contributed by atoms with E-state index in [1.54, 1.807) is 24.0 Å². The fourth-order valence-electron chi connectivity index (χ4n) is 3.34. The van der Waals surface area contributed by atoms with E-state index in [1.165, 1.54) is 10.9 Å². The molecule has 8 nitrogen and oxygen atoms in total. The number of carbonyl (C=O) groups excluding carboxylic acids is 1. The van der Waals surface area contributed by atoms with Gasteiger partial charge in [-0.15, -0.1) is 0 Å². The second kappa shape index (κ2) is 7.22. The van der Waals surface area contributed by atoms with Crippen molar-refractivity contribution in [2.75, 3.05) is 13.1 Å². The monoisotopic (exact) mass is 431 g/mol. The molecule has 1 fully saturated rings. The highest BCUT2D eigenvalue weighted by molar-refractivity contribution is 9.10. The van der Waals surface area contributed by atoms with Crippen molar-refractivity contribution in [3.05, 3.63) is 51.1 Å². The smallest absolute Gasteiger partial charge is 0.261 e. The number of rotatable bonds is 3. The van der Waals surface area contributed by atoms with E-state index in [1.807, 2.05) is 6.07 Å². The van der Waals surface area contributed by atoms with Gasteiger partial charge in [-0.25, -0.2) is 4.98 Å². The highest BCUT2D eigenvalue weighted by Crippen LogP contribution is 2.26. The first kappa shape index (κ1) is 17.8. The lowest BCUT2D eigenvalue weighted by Crippen LogP contribution is -2.41. The van der Waals surface area contributed by atoms with Gasteiger partial charge in [0.25, 0.3) is 5.56 Å². The normalized spacial score (nSPS) is 15.4. The van der Waals surface area contributed by atoms with Gasteiger partial charge in [-0.2, -0.15) is 4.98 Å². The van der Waals surface area contributed by atoms with Crippen LogP contribution in [0, 0.1) is 6.92 Å². The van der Waals surface area contributed by atoms with Crippen molar-refractivity contribution in [1.82, 2.24) is 24.6 Å². The van der Waals surface area contributed by atoms with E-state index in [2.05, 4.69) is 31.1 Å². The quantitative estimate of drug-likeness (QED) is 0.630. The van der Waals surface area contributed by atoms with Gasteiger partial charge in [0, 0.05) is 23.5 Å². The van der Waals surface area contributed by atoms with Gasteiger partial charge < -0.3 is 9.42 Å². The molecule has 3 aromatic rings. The Kier molecular flexibility index (Phi) is 4.77. The number of hydrogen-bond acceptors (Lipinski definition) is 6. The summed E-state index contributed by atoms with van der Waals surface area (Å²) in [5, 5.41) is 4.32. The number of aryl methyl sites for hydroxylation is 1. The molecular formula is C18H18BrN5O3. The van der Waals surface area contributed by atoms with E-state index in [-0.39, 0.29) is 23.9 Å². The predicted molar refractivity (Wildman–Crippen MR) is 101 cm³/mol. The molecule has 3 heterocycles. The van der Waals surface area contributed by atoms with Crippen molar-refractivity contribution >= 4 is 32.7 Å². The van der Waals surface area contributed by atoms with Gasteiger partial charge in [-0.1, -0.05) is 21.1 Å². The van der Waals surface area contributed by atoms with Crippen LogP contribution in [0.5, 0.6) is 0 Å². The molecule has 27 heavy (non-hydrogen) atoms. The maximum atomic E-state index is 12.6. The van der Waals surface area contributed by atoms with Crippen LogP contribution in [0.3, 0.4) is 0 Å². The molecule has 0 unspecified atom stereocenters. The maximum absolute atomic E-state index is 12.6. The fraction of sp³-hybridized carbons (Fsp3) is 0.389. The first-order chi connectivity index (χ1) is 13.0. The highest BCUT2D eigenvalue weighted by Gasteiger charge is 2.27. The third-order valence-corrected chi connectivity index (χ3v) is 5.33. The summed E-state index contributed by atoms with van der Waals surface area (Å²) in [6.45, 7) is 2.98. The molecule has 0 aliphatic carbocycles. The third-order valence-electron chi connectivity index (χ3n) is 4.83. The van der Waals surface area contributed by atoms with Gasteiger partial charge in [0.05, 0.1) is 17.2 Å². The van der Waals surface area contributed by atoms with Crippen LogP contribution in [0.4, 0.5) is 0 Å². The number of nitrogens with zero attached hydrogens (tertiary/aromatic N) is 5. The van der Waals surface area contributed by atoms with E-state index < -0.39 is 0 Å². The zero-order valence-corrected chi connectivity index (χ0v) is 16.3. The zero-order chi connectivity index (χ0) is 19.0. The molecule has 0 saturated carbocycles. The highest BCUT2D eigenvalue weighted by atomic mass is 79.9. The average Bonchev–Trinajstić information content (AvgIpc) is 3.11. The van der Waals surface area contributed by atoms with Gasteiger partial charge in [-0.05, 0) is 38.0 Å². The molecule has 1 amide bonds. The first-order valence-electron chi connectivity index (χ1n) is 8.74. The Bertz CT molecular complexity index is 1050. The summed E-state index contributed by atoms with van der Waals surface area (Å²) in [5.41, 5.74) is 0.397. The predicted octanol–water partition coefficient (Wildman–Crippen LogP) is 2.26. The van der Waals surface area contributed by atoms with Crippen molar-refractivity contribution in [3.63, 3.8) is 0 Å². The Morgan fingerprint density at radius 1 is 1.33 bits per heavy atom. The van der Waals surface area contributed by atoms with Crippen LogP contribution < -0.4 is 5.56 Å². The molecule has 1 aliphatic heterocycles. The average molecular weight is 432 g/mol. The lowest BCUT2D eigenvalue weighted by atomic mass is 9.97. The van der Waals surface area contributed by atoms with Crippen molar-refractivity contribution in [3.8, 4) is 0 Å². The molecule has 0 spiro atoms. The van der Waals surface area contributed by atoms with Gasteiger partial charge in [0.15, 0.2) is 5.82 Å². The third kappa shape index (κ3) is 3.64. The minimum absolute atomic E-state index is 0.0153. The molecule has 0 N–H and O–H groups in total. The van der Waals surface area contributed by atoms with E-state index in [9.17, 15) is 9.59 Å². The van der Waals surface area contributed by atoms with Crippen LogP contribution in [0.2, 0.25) is 0 Å². The number of fused-ring (bicyclic) bond motifs is 1. The van der Waals surface area contributed by atoms with E-state index in [0.717, 1.165) is 17.3 Å². The second-order valence-electron chi connectivity index (χ2n) is 6.67. The molecular weight excluding hydrogens is 414 g/mol. The van der Waals surface area contributed by atoms with E-state index >= 15 is 0 Å². The summed E-state index contributed by atoms with van der Waals surface area (Å²) in [4.78, 5) is 35.6. The van der Waals surface area contributed by atoms with Crippen LogP contribution in [0.1, 0.15) is 30.5 Å². The Balaban J connectivity index is 1.45. The summed E-state index contributed by atoms with van der Waals surface area (Å²) >= 11 is 3.36. The number of likely N-dealkylation sites (tertiary alicyclic amines) is 1. The van der Waals surface area contributed by atoms with Crippen LogP contribution in [0.15, 0.2) is 38.3 Å². The lowest BCUT2D eigenvalue weighted by Gasteiger charge is -2.30. The van der Waals surface area contributed by atoms with Gasteiger partial charge in [0.2, 0.25) is 11.8 Å². The molecule has 0 bridgehead atoms. The van der Waals surface area contributed by atoms with Gasteiger partial charge in [-0.3, -0.25) is 14.2 Å². The number of benzene rings is 1. The molecule has 4 rings (SSSR count). The number of hydrogen-bond donors (Lipinski definition) is 0. The second-order valence-corrected chi connectivity index (χ2v) is 7.59. The summed E-state index contributed by atoms with van der Waals surface area (Å²) in [6.07, 6.45) is 2.97. The minimum atomic E-state index is -0.217. The Labute approximate surface area is 163 Å². The number of aromatic nitrogens is 4. The number of piperidine rings is 1. The zero-order valence-electron chi connectivity index (χ0n) is 14.8. The molecule has 1 aromatic carbocycles. The summed E-state index contributed by atoms with van der Waals surface area (Å²) in [5.74, 6) is 1.35. The Morgan fingerprint density at radius 3 is 2.81 bits per heavy atom. The van der Waals surface area contributed by atoms with E-state index in [0.29, 0.717) is 35.7 Å². The molecule has 1 saturated heterocycles. The van der Waals surface area contributed by atoms with Crippen LogP contribution in [-0.2, 0) is 11.3 Å². The van der Waals surface area contributed by atoms with Crippen molar-refractivity contribution < 1.29 is 9.32 Å². The summed E-state index contributed by atoms with van der Waals surface area (Å²) in [7, 11) is 0. The largest absolute Gasteiger partial charge is 0.341 e. The molecule has 9 heteroatoms. The molecule has 0 radical (unpaired) electrons. The topological polar surface area (TPSA) is 94.1 Å². The lowest BCUT2D eigenvalue weighted by molar-refractivity contribution is -0.133. The molecule has 2 aromatic heterocycles. The maximum Gasteiger partial charge on any atom is 0.261 e. The number of halogens is 1. The molecule has 140 valence electrons. The molecule has 1 aliphatic rings. The van der Waals surface area contributed by atoms with Crippen molar-refractivity contribution in [1.29, 1.82) is 0 Å². The summed E-state index contributed by atoms with van der Waals surface area (Å²) in [6, 6.07) is 5.33. The van der Waals surface area contributed by atoms with Crippen molar-refractivity contribution in [2.45, 2.75) is 32.2 Å². The van der Waals surface area contributed by atoms with Crippen LogP contribution in [0.25, 0.3) is 10.9 Å². The van der Waals surface area contributed by atoms with Crippen LogP contribution in [-0.4, -0.2) is 43.6 Å². The standard InChI is InChI=1S/C18H18BrN5O3/c1-11-21-17(27-22-11)12-4-6-23(7-5-12)16(25)9-24-10-20-15-3-2-13(19)8-14(15)18(24)26/h2-3,8,10,12H,4-7,9H2,1H3. The first-order valence-corrected chi connectivity index (χ1v) is 9.53. The summed E-state index contributed by atoms with van der Waals surface area (Å²) < 4.78 is 7.41. The SMILES string of the molecule is Cc1noc(C2CCN(C(=O)Cn3cnc4ccc(Br)cc4c3=O)CC2)n1.